The van der Waals surface area contributed by atoms with Crippen molar-refractivity contribution in [3.05, 3.63) is 34.6 Å². The molecular formula is C28H36F3N7O3S2. The molecular weight excluding hydrogens is 603 g/mol. The van der Waals surface area contributed by atoms with Gasteiger partial charge in [0.25, 0.3) is 5.91 Å². The SMILES string of the molecule is CN1CCS(O)(O)c2cc(-c3nc(Nc4cn(C5CCN(C(C)(C)C)CC5)nc4C4CC4)ncc3C(F)(F)F)sc2C1=O. The van der Waals surface area contributed by atoms with Crippen LogP contribution in [0.15, 0.2) is 23.4 Å². The van der Waals surface area contributed by atoms with Gasteiger partial charge in [0.1, 0.15) is 10.4 Å². The zero-order chi connectivity index (χ0) is 30.9. The van der Waals surface area contributed by atoms with E-state index in [-0.39, 0.29) is 50.4 Å². The molecule has 2 aliphatic heterocycles. The van der Waals surface area contributed by atoms with Crippen molar-refractivity contribution in [1.82, 2.24) is 29.5 Å². The van der Waals surface area contributed by atoms with E-state index in [0.717, 1.165) is 62.0 Å². The van der Waals surface area contributed by atoms with Gasteiger partial charge >= 0.3 is 6.18 Å². The number of anilines is 2. The molecule has 0 aromatic carbocycles. The fourth-order valence-corrected chi connectivity index (χ4v) is 8.73. The second-order valence-electron chi connectivity index (χ2n) is 12.6. The Labute approximate surface area is 253 Å². The van der Waals surface area contributed by atoms with E-state index in [4.69, 9.17) is 5.10 Å². The van der Waals surface area contributed by atoms with Gasteiger partial charge < -0.3 is 10.2 Å². The quantitative estimate of drug-likeness (QED) is 0.283. The first-order chi connectivity index (χ1) is 20.1. The van der Waals surface area contributed by atoms with Crippen molar-refractivity contribution in [1.29, 1.82) is 0 Å². The number of aromatic nitrogens is 4. The van der Waals surface area contributed by atoms with Gasteiger partial charge in [0, 0.05) is 50.5 Å². The van der Waals surface area contributed by atoms with Gasteiger partial charge in [-0.1, -0.05) is 0 Å². The van der Waals surface area contributed by atoms with Crippen LogP contribution in [0.2, 0.25) is 0 Å². The minimum Gasteiger partial charge on any atom is -0.339 e. The number of hydrogen-bond donors (Lipinski definition) is 3. The van der Waals surface area contributed by atoms with E-state index < -0.39 is 33.9 Å². The molecule has 10 nitrogen and oxygen atoms in total. The van der Waals surface area contributed by atoms with E-state index in [2.05, 4.69) is 41.0 Å². The number of nitrogens with zero attached hydrogens (tertiary/aromatic N) is 6. The van der Waals surface area contributed by atoms with Gasteiger partial charge in [-0.05, 0) is 52.5 Å². The molecule has 1 amide bonds. The van der Waals surface area contributed by atoms with Crippen LogP contribution in [0, 0.1) is 0 Å². The topological polar surface area (TPSA) is 120 Å². The van der Waals surface area contributed by atoms with Crippen molar-refractivity contribution in [3.8, 4) is 10.6 Å². The Morgan fingerprint density at radius 3 is 2.42 bits per heavy atom. The summed E-state index contributed by atoms with van der Waals surface area (Å²) in [5.41, 5.74) is 0.118. The molecule has 3 aromatic heterocycles. The second-order valence-corrected chi connectivity index (χ2v) is 15.8. The highest BCUT2D eigenvalue weighted by molar-refractivity contribution is 8.24. The summed E-state index contributed by atoms with van der Waals surface area (Å²) in [5.74, 6) is -0.330. The highest BCUT2D eigenvalue weighted by Crippen LogP contribution is 2.55. The molecule has 0 spiro atoms. The summed E-state index contributed by atoms with van der Waals surface area (Å²) in [4.78, 5) is 25.0. The third kappa shape index (κ3) is 6.01. The van der Waals surface area contributed by atoms with Crippen LogP contribution >= 0.6 is 21.9 Å². The summed E-state index contributed by atoms with van der Waals surface area (Å²) < 4.78 is 65.8. The van der Waals surface area contributed by atoms with Crippen LogP contribution in [-0.4, -0.2) is 82.5 Å². The minimum atomic E-state index is -4.77. The zero-order valence-electron chi connectivity index (χ0n) is 24.5. The normalized spacial score (nSPS) is 21.0. The molecule has 3 N–H and O–H groups in total. The number of carbonyl (C=O) groups is 1. The Morgan fingerprint density at radius 2 is 1.79 bits per heavy atom. The summed E-state index contributed by atoms with van der Waals surface area (Å²) in [5, 5.41) is 8.04. The number of fused-ring (bicyclic) bond motifs is 1. The lowest BCUT2D eigenvalue weighted by Crippen LogP contribution is -2.46. The highest BCUT2D eigenvalue weighted by Gasteiger charge is 2.39. The number of likely N-dealkylation sites (tertiary alicyclic amines) is 1. The average molecular weight is 640 g/mol. The summed E-state index contributed by atoms with van der Waals surface area (Å²) in [6.45, 7) is 8.66. The van der Waals surface area contributed by atoms with Crippen LogP contribution in [0.5, 0.6) is 0 Å². The second kappa shape index (κ2) is 10.7. The number of thiophene rings is 1. The number of amides is 1. The minimum absolute atomic E-state index is 0.00560. The predicted octanol–water partition coefficient (Wildman–Crippen LogP) is 6.67. The van der Waals surface area contributed by atoms with Crippen molar-refractivity contribution in [2.45, 2.75) is 75.0 Å². The van der Waals surface area contributed by atoms with Crippen molar-refractivity contribution < 1.29 is 27.1 Å². The predicted molar refractivity (Wildman–Crippen MR) is 160 cm³/mol. The molecule has 0 unspecified atom stereocenters. The summed E-state index contributed by atoms with van der Waals surface area (Å²) >= 11 is 0.775. The smallest absolute Gasteiger partial charge is 0.339 e. The maximum Gasteiger partial charge on any atom is 0.420 e. The maximum atomic E-state index is 14.1. The Kier molecular flexibility index (Phi) is 7.56. The van der Waals surface area contributed by atoms with Crippen molar-refractivity contribution in [3.63, 3.8) is 0 Å². The van der Waals surface area contributed by atoms with Crippen LogP contribution in [0.1, 0.15) is 79.3 Å². The molecule has 3 aromatic rings. The summed E-state index contributed by atoms with van der Waals surface area (Å²) in [6.07, 6.45) is 1.73. The van der Waals surface area contributed by atoms with E-state index in [1.54, 1.807) is 0 Å². The van der Waals surface area contributed by atoms with Crippen molar-refractivity contribution >= 4 is 39.5 Å². The average Bonchev–Trinajstić information content (AvgIpc) is 3.55. The highest BCUT2D eigenvalue weighted by atomic mass is 32.3. The largest absolute Gasteiger partial charge is 0.420 e. The van der Waals surface area contributed by atoms with E-state index in [9.17, 15) is 27.1 Å². The van der Waals surface area contributed by atoms with Crippen LogP contribution in [0.25, 0.3) is 10.6 Å². The first-order valence-electron chi connectivity index (χ1n) is 14.3. The number of nitrogens with one attached hydrogen (secondary N) is 1. The number of carbonyl (C=O) groups excluding carboxylic acids is 1. The molecule has 1 aliphatic carbocycles. The van der Waals surface area contributed by atoms with E-state index in [0.29, 0.717) is 5.69 Å². The number of rotatable bonds is 5. The molecule has 1 saturated carbocycles. The van der Waals surface area contributed by atoms with E-state index >= 15 is 0 Å². The van der Waals surface area contributed by atoms with E-state index in [1.165, 1.54) is 18.0 Å². The lowest BCUT2D eigenvalue weighted by atomic mass is 9.98. The number of alkyl halides is 3. The lowest BCUT2D eigenvalue weighted by molar-refractivity contribution is -0.137. The van der Waals surface area contributed by atoms with Crippen LogP contribution in [-0.2, 0) is 6.18 Å². The first kappa shape index (κ1) is 30.3. The van der Waals surface area contributed by atoms with Gasteiger partial charge in [0.2, 0.25) is 5.95 Å². The van der Waals surface area contributed by atoms with Crippen LogP contribution in [0.3, 0.4) is 0 Å². The van der Waals surface area contributed by atoms with E-state index in [1.807, 2.05) is 10.9 Å². The fraction of sp³-hybridized carbons (Fsp3) is 0.571. The van der Waals surface area contributed by atoms with Gasteiger partial charge in [-0.3, -0.25) is 23.5 Å². The summed E-state index contributed by atoms with van der Waals surface area (Å²) in [7, 11) is -1.85. The van der Waals surface area contributed by atoms with Gasteiger partial charge in [-0.15, -0.1) is 11.3 Å². The monoisotopic (exact) mass is 639 g/mol. The third-order valence-corrected chi connectivity index (χ3v) is 11.4. The number of halogens is 3. The van der Waals surface area contributed by atoms with Gasteiger partial charge in [-0.2, -0.15) is 28.9 Å². The molecule has 0 atom stereocenters. The zero-order valence-corrected chi connectivity index (χ0v) is 26.1. The molecule has 234 valence electrons. The maximum absolute atomic E-state index is 14.1. The number of hydrogen-bond acceptors (Lipinski definition) is 9. The Hall–Kier alpha value is -2.72. The first-order valence-corrected chi connectivity index (χ1v) is 16.9. The summed E-state index contributed by atoms with van der Waals surface area (Å²) in [6, 6.07) is 1.47. The molecule has 6 rings (SSSR count). The van der Waals surface area contributed by atoms with Gasteiger partial charge in [0.05, 0.1) is 38.6 Å². The van der Waals surface area contributed by atoms with Crippen molar-refractivity contribution in [2.24, 2.45) is 0 Å². The lowest BCUT2D eigenvalue weighted by Gasteiger charge is -2.40. The Morgan fingerprint density at radius 1 is 1.09 bits per heavy atom. The molecule has 2 fully saturated rings. The van der Waals surface area contributed by atoms with Gasteiger partial charge in [-0.25, -0.2) is 9.97 Å². The molecule has 5 heterocycles. The molecule has 3 aliphatic rings. The fourth-order valence-electron chi connectivity index (χ4n) is 5.64. The molecule has 43 heavy (non-hydrogen) atoms. The van der Waals surface area contributed by atoms with Crippen molar-refractivity contribution in [2.75, 3.05) is 37.8 Å². The molecule has 1 saturated heterocycles. The van der Waals surface area contributed by atoms with Crippen LogP contribution in [0.4, 0.5) is 24.8 Å². The Bertz CT molecular complexity index is 1540. The standard InChI is InChI=1S/C28H36F3N7O3S2/c1-27(2,3)37-9-7-17(8-10-37)38-15-19(22(35-38)16-5-6-16)33-26-32-14-18(28(29,30)31)23(34-26)20-13-21-24(42-20)25(39)36(4)11-12-43(21,40)41/h13-17,40-41H,5-12H2,1-4H3,(H,32,33,34). The van der Waals surface area contributed by atoms with Gasteiger partial charge in [0.15, 0.2) is 0 Å². The molecule has 0 bridgehead atoms. The Balaban J connectivity index is 1.34. The van der Waals surface area contributed by atoms with Crippen LogP contribution < -0.4 is 5.32 Å². The number of piperidine rings is 1. The third-order valence-electron chi connectivity index (χ3n) is 8.39. The molecule has 15 heteroatoms. The molecule has 0 radical (unpaired) electrons.